The average molecular weight is 378 g/mol. The number of aromatic nitrogens is 2. The van der Waals surface area contributed by atoms with Crippen LogP contribution in [0.25, 0.3) is 10.2 Å². The standard InChI is InChI=1S/C18H19FN2O2S2/c1-4-21-17(22)15-11(2)12(3)25-16(15)20-18(21)24-10-9-23-14-8-6-5-7-13(14)19/h5-8H,4,9-10H2,1-3H3. The largest absolute Gasteiger partial charge is 0.490 e. The van der Waals surface area contributed by atoms with Crippen molar-refractivity contribution in [3.63, 3.8) is 0 Å². The molecule has 0 aliphatic heterocycles. The van der Waals surface area contributed by atoms with Crippen molar-refractivity contribution in [2.75, 3.05) is 12.4 Å². The van der Waals surface area contributed by atoms with E-state index in [2.05, 4.69) is 4.98 Å². The van der Waals surface area contributed by atoms with Gasteiger partial charge in [-0.15, -0.1) is 11.3 Å². The lowest BCUT2D eigenvalue weighted by Crippen LogP contribution is -2.22. The molecule has 0 N–H and O–H groups in total. The molecule has 4 nitrogen and oxygen atoms in total. The molecular weight excluding hydrogens is 359 g/mol. The van der Waals surface area contributed by atoms with E-state index in [1.807, 2.05) is 20.8 Å². The van der Waals surface area contributed by atoms with Crippen LogP contribution in [0.15, 0.2) is 34.2 Å². The average Bonchev–Trinajstić information content (AvgIpc) is 2.88. The molecule has 0 saturated carbocycles. The minimum atomic E-state index is -0.373. The molecule has 25 heavy (non-hydrogen) atoms. The molecule has 0 amide bonds. The van der Waals surface area contributed by atoms with Gasteiger partial charge < -0.3 is 4.74 Å². The predicted molar refractivity (Wildman–Crippen MR) is 102 cm³/mol. The molecule has 2 aromatic heterocycles. The number of hydrogen-bond acceptors (Lipinski definition) is 5. The molecule has 0 spiro atoms. The topological polar surface area (TPSA) is 44.1 Å². The van der Waals surface area contributed by atoms with E-state index < -0.39 is 0 Å². The van der Waals surface area contributed by atoms with Gasteiger partial charge in [-0.05, 0) is 38.5 Å². The van der Waals surface area contributed by atoms with Gasteiger partial charge in [-0.1, -0.05) is 23.9 Å². The second-order valence-electron chi connectivity index (χ2n) is 5.53. The summed E-state index contributed by atoms with van der Waals surface area (Å²) >= 11 is 3.00. The minimum absolute atomic E-state index is 0.00636. The van der Waals surface area contributed by atoms with Crippen LogP contribution in [-0.4, -0.2) is 21.9 Å². The summed E-state index contributed by atoms with van der Waals surface area (Å²) in [6, 6.07) is 6.33. The van der Waals surface area contributed by atoms with Crippen molar-refractivity contribution in [2.24, 2.45) is 0 Å². The van der Waals surface area contributed by atoms with Crippen molar-refractivity contribution in [2.45, 2.75) is 32.5 Å². The summed E-state index contributed by atoms with van der Waals surface area (Å²) in [5.41, 5.74) is 1.02. The number of hydrogen-bond donors (Lipinski definition) is 0. The van der Waals surface area contributed by atoms with Crippen LogP contribution in [0.1, 0.15) is 17.4 Å². The van der Waals surface area contributed by atoms with Gasteiger partial charge >= 0.3 is 0 Å². The second-order valence-corrected chi connectivity index (χ2v) is 7.80. The van der Waals surface area contributed by atoms with Gasteiger partial charge in [0.2, 0.25) is 0 Å². The summed E-state index contributed by atoms with van der Waals surface area (Å²) in [6.07, 6.45) is 0. The monoisotopic (exact) mass is 378 g/mol. The number of rotatable bonds is 6. The zero-order valence-electron chi connectivity index (χ0n) is 14.3. The van der Waals surface area contributed by atoms with Crippen LogP contribution < -0.4 is 10.3 Å². The van der Waals surface area contributed by atoms with Gasteiger partial charge in [-0.3, -0.25) is 9.36 Å². The maximum absolute atomic E-state index is 13.5. The zero-order chi connectivity index (χ0) is 18.0. The first-order valence-corrected chi connectivity index (χ1v) is 9.83. The number of halogens is 1. The molecule has 3 aromatic rings. The molecule has 2 heterocycles. The highest BCUT2D eigenvalue weighted by Gasteiger charge is 2.16. The van der Waals surface area contributed by atoms with E-state index >= 15 is 0 Å². The Kier molecular flexibility index (Phi) is 5.44. The van der Waals surface area contributed by atoms with Crippen molar-refractivity contribution in [3.8, 4) is 5.75 Å². The fraction of sp³-hybridized carbons (Fsp3) is 0.333. The molecule has 3 rings (SSSR count). The van der Waals surface area contributed by atoms with Crippen LogP contribution >= 0.6 is 23.1 Å². The summed E-state index contributed by atoms with van der Waals surface area (Å²) in [4.78, 5) is 19.3. The third-order valence-electron chi connectivity index (χ3n) is 3.98. The number of nitrogens with zero attached hydrogens (tertiary/aromatic N) is 2. The molecule has 7 heteroatoms. The van der Waals surface area contributed by atoms with Gasteiger partial charge in [-0.25, -0.2) is 9.37 Å². The normalized spacial score (nSPS) is 11.2. The molecule has 132 valence electrons. The SMILES string of the molecule is CCn1c(SCCOc2ccccc2F)nc2sc(C)c(C)c2c1=O. The maximum atomic E-state index is 13.5. The summed E-state index contributed by atoms with van der Waals surface area (Å²) in [6.45, 7) is 6.81. The van der Waals surface area contributed by atoms with Gasteiger partial charge in [0.25, 0.3) is 5.56 Å². The number of para-hydroxylation sites is 1. The van der Waals surface area contributed by atoms with Crippen molar-refractivity contribution < 1.29 is 9.13 Å². The Balaban J connectivity index is 1.77. The Labute approximate surface area is 153 Å². The van der Waals surface area contributed by atoms with Crippen LogP contribution in [0.5, 0.6) is 5.75 Å². The molecule has 0 radical (unpaired) electrons. The number of aryl methyl sites for hydroxylation is 2. The van der Waals surface area contributed by atoms with Crippen molar-refractivity contribution in [1.82, 2.24) is 9.55 Å². The van der Waals surface area contributed by atoms with Crippen LogP contribution in [0.2, 0.25) is 0 Å². The molecule has 1 aromatic carbocycles. The lowest BCUT2D eigenvalue weighted by Gasteiger charge is -2.11. The van der Waals surface area contributed by atoms with Crippen molar-refractivity contribution in [1.29, 1.82) is 0 Å². The summed E-state index contributed by atoms with van der Waals surface area (Å²) in [5.74, 6) is 0.446. The number of thiophene rings is 1. The quantitative estimate of drug-likeness (QED) is 0.362. The third-order valence-corrected chi connectivity index (χ3v) is 6.02. The van der Waals surface area contributed by atoms with E-state index in [1.165, 1.54) is 17.8 Å². The third kappa shape index (κ3) is 3.57. The second kappa shape index (κ2) is 7.58. The molecular formula is C18H19FN2O2S2. The molecule has 0 aliphatic rings. The van der Waals surface area contributed by atoms with Gasteiger partial charge in [0.1, 0.15) is 4.83 Å². The Morgan fingerprint density at radius 3 is 2.80 bits per heavy atom. The Hall–Kier alpha value is -1.86. The number of benzene rings is 1. The highest BCUT2D eigenvalue weighted by atomic mass is 32.2. The highest BCUT2D eigenvalue weighted by Crippen LogP contribution is 2.28. The summed E-state index contributed by atoms with van der Waals surface area (Å²) in [5, 5.41) is 1.40. The zero-order valence-corrected chi connectivity index (χ0v) is 16.0. The smallest absolute Gasteiger partial charge is 0.263 e. The van der Waals surface area contributed by atoms with Crippen LogP contribution in [0.4, 0.5) is 4.39 Å². The lowest BCUT2D eigenvalue weighted by molar-refractivity contribution is 0.324. The summed E-state index contributed by atoms with van der Waals surface area (Å²) in [7, 11) is 0. The first-order valence-electron chi connectivity index (χ1n) is 8.03. The Bertz CT molecular complexity index is 966. The maximum Gasteiger partial charge on any atom is 0.263 e. The molecule has 0 saturated heterocycles. The summed E-state index contributed by atoms with van der Waals surface area (Å²) < 4.78 is 20.7. The first kappa shape index (κ1) is 17.9. The molecule has 0 aliphatic carbocycles. The van der Waals surface area contributed by atoms with Crippen molar-refractivity contribution in [3.05, 3.63) is 50.9 Å². The fourth-order valence-corrected chi connectivity index (χ4v) is 4.49. The van der Waals surface area contributed by atoms with E-state index in [9.17, 15) is 9.18 Å². The van der Waals surface area contributed by atoms with Crippen molar-refractivity contribution >= 4 is 33.3 Å². The van der Waals surface area contributed by atoms with E-state index in [-0.39, 0.29) is 17.1 Å². The van der Waals surface area contributed by atoms with Crippen LogP contribution in [0.3, 0.4) is 0 Å². The molecule has 0 atom stereocenters. The number of ether oxygens (including phenoxy) is 1. The number of fused-ring (bicyclic) bond motifs is 1. The van der Waals surface area contributed by atoms with E-state index in [0.29, 0.717) is 24.1 Å². The van der Waals surface area contributed by atoms with E-state index in [0.717, 1.165) is 20.7 Å². The van der Waals surface area contributed by atoms with E-state index in [1.54, 1.807) is 34.1 Å². The molecule has 0 bridgehead atoms. The lowest BCUT2D eigenvalue weighted by atomic mass is 10.2. The minimum Gasteiger partial charge on any atom is -0.490 e. The van der Waals surface area contributed by atoms with Crippen LogP contribution in [-0.2, 0) is 6.54 Å². The van der Waals surface area contributed by atoms with Gasteiger partial charge in [0.15, 0.2) is 16.7 Å². The van der Waals surface area contributed by atoms with Gasteiger partial charge in [0, 0.05) is 17.2 Å². The van der Waals surface area contributed by atoms with E-state index in [4.69, 9.17) is 4.74 Å². The highest BCUT2D eigenvalue weighted by molar-refractivity contribution is 7.99. The van der Waals surface area contributed by atoms with Gasteiger partial charge in [0.05, 0.1) is 12.0 Å². The van der Waals surface area contributed by atoms with Gasteiger partial charge in [-0.2, -0.15) is 0 Å². The molecule has 0 fully saturated rings. The van der Waals surface area contributed by atoms with Crippen LogP contribution in [0, 0.1) is 19.7 Å². The Morgan fingerprint density at radius 1 is 1.32 bits per heavy atom. The Morgan fingerprint density at radius 2 is 2.08 bits per heavy atom. The number of thioether (sulfide) groups is 1. The molecule has 0 unspecified atom stereocenters. The predicted octanol–water partition coefficient (Wildman–Crippen LogP) is 4.40. The fourth-order valence-electron chi connectivity index (χ4n) is 2.54. The first-order chi connectivity index (χ1) is 12.0.